The van der Waals surface area contributed by atoms with Crippen LogP contribution in [0.5, 0.6) is 0 Å². The van der Waals surface area contributed by atoms with Gasteiger partial charge in [-0.05, 0) is 55.9 Å². The van der Waals surface area contributed by atoms with Crippen molar-refractivity contribution < 1.29 is 9.90 Å². The number of nitrogens with two attached hydrogens (primary N) is 2. The van der Waals surface area contributed by atoms with Crippen molar-refractivity contribution in [3.63, 3.8) is 0 Å². The Morgan fingerprint density at radius 2 is 1.76 bits per heavy atom. The van der Waals surface area contributed by atoms with E-state index in [2.05, 4.69) is 0 Å². The monoisotopic (exact) mass is 364 g/mol. The lowest BCUT2D eigenvalue weighted by atomic mass is 9.41. The minimum absolute atomic E-state index is 0. The van der Waals surface area contributed by atoms with Gasteiger partial charge in [0.2, 0.25) is 0 Å². The summed E-state index contributed by atoms with van der Waals surface area (Å²) in [5.74, 6) is 0.920. The summed E-state index contributed by atoms with van der Waals surface area (Å²) in [7, 11) is 0. The minimum atomic E-state index is -0.543. The van der Waals surface area contributed by atoms with Crippen LogP contribution in [0.1, 0.15) is 37.7 Å². The van der Waals surface area contributed by atoms with Crippen molar-refractivity contribution in [1.82, 2.24) is 0 Å². The van der Waals surface area contributed by atoms with Gasteiger partial charge in [0.15, 0.2) is 5.78 Å². The highest BCUT2D eigenvalue weighted by Gasteiger charge is 2.64. The van der Waals surface area contributed by atoms with E-state index in [0.717, 1.165) is 31.2 Å². The van der Waals surface area contributed by atoms with Crippen molar-refractivity contribution in [3.8, 4) is 0 Å². The number of carbonyl (C=O) groups is 1. The summed E-state index contributed by atoms with van der Waals surface area (Å²) in [5.41, 5.74) is 13.4. The Kier molecular flexibility index (Phi) is 5.02. The quantitative estimate of drug-likeness (QED) is 0.746. The number of aliphatic hydroxyl groups is 1. The molecule has 25 heavy (non-hydrogen) atoms. The average Bonchev–Trinajstić information content (AvgIpc) is 2.53. The van der Waals surface area contributed by atoms with Crippen LogP contribution in [-0.2, 0) is 11.2 Å². The molecule has 0 saturated heterocycles. The standard InChI is InChI=1S/C20H28N2O2.ClH/c21-16(7-13-4-2-1-3-5-13)17(24)18-19(12-23)8-14-6-15(9-19)11-20(18,22)10-14;/h1-5,14-16,18,23H,6-12,21-22H2;1H/t14?,15?,16-,18?,19?,20?;/m0./s1. The molecule has 0 radical (unpaired) electrons. The normalized spacial score (nSPS) is 39.7. The van der Waals surface area contributed by atoms with E-state index in [1.807, 2.05) is 30.3 Å². The van der Waals surface area contributed by atoms with Gasteiger partial charge in [0.05, 0.1) is 6.04 Å². The number of benzene rings is 1. The molecule has 138 valence electrons. The fourth-order valence-corrected chi connectivity index (χ4v) is 6.41. The maximum absolute atomic E-state index is 13.3. The summed E-state index contributed by atoms with van der Waals surface area (Å²) in [4.78, 5) is 13.3. The largest absolute Gasteiger partial charge is 0.396 e. The first-order valence-corrected chi connectivity index (χ1v) is 9.19. The van der Waals surface area contributed by atoms with Crippen LogP contribution in [-0.4, -0.2) is 29.1 Å². The van der Waals surface area contributed by atoms with Crippen LogP contribution in [0.15, 0.2) is 30.3 Å². The molecule has 5 heteroatoms. The van der Waals surface area contributed by atoms with Crippen molar-refractivity contribution in [2.24, 2.45) is 34.6 Å². The smallest absolute Gasteiger partial charge is 0.155 e. The molecule has 4 aliphatic carbocycles. The van der Waals surface area contributed by atoms with Gasteiger partial charge in [-0.25, -0.2) is 0 Å². The van der Waals surface area contributed by atoms with Crippen LogP contribution in [0, 0.1) is 23.2 Å². The first-order valence-electron chi connectivity index (χ1n) is 9.19. The van der Waals surface area contributed by atoms with Gasteiger partial charge in [-0.2, -0.15) is 0 Å². The summed E-state index contributed by atoms with van der Waals surface area (Å²) in [5, 5.41) is 10.2. The molecule has 4 atom stereocenters. The summed E-state index contributed by atoms with van der Waals surface area (Å²) < 4.78 is 0. The molecule has 1 aromatic carbocycles. The number of hydrogen-bond donors (Lipinski definition) is 3. The van der Waals surface area contributed by atoms with E-state index < -0.39 is 11.6 Å². The molecule has 4 bridgehead atoms. The second kappa shape index (κ2) is 6.66. The molecular formula is C20H29ClN2O2. The van der Waals surface area contributed by atoms with Crippen LogP contribution in [0.3, 0.4) is 0 Å². The molecule has 0 amide bonds. The molecule has 4 fully saturated rings. The van der Waals surface area contributed by atoms with E-state index in [1.54, 1.807) is 0 Å². The molecule has 0 aliphatic heterocycles. The van der Waals surface area contributed by atoms with Gasteiger partial charge in [-0.3, -0.25) is 4.79 Å². The Hall–Kier alpha value is -0.940. The Morgan fingerprint density at radius 1 is 1.16 bits per heavy atom. The van der Waals surface area contributed by atoms with Gasteiger partial charge in [0, 0.05) is 23.5 Å². The van der Waals surface area contributed by atoms with Gasteiger partial charge in [-0.15, -0.1) is 12.4 Å². The second-order valence-corrected chi connectivity index (χ2v) is 8.67. The predicted molar refractivity (Wildman–Crippen MR) is 100 cm³/mol. The molecule has 4 nitrogen and oxygen atoms in total. The third kappa shape index (κ3) is 3.03. The number of Topliss-reactive ketones (excluding diaryl/α,β-unsaturated/α-hetero) is 1. The number of aliphatic hydroxyl groups excluding tert-OH is 1. The third-order valence-corrected chi connectivity index (χ3v) is 6.85. The Labute approximate surface area is 155 Å². The van der Waals surface area contributed by atoms with Crippen molar-refractivity contribution in [1.29, 1.82) is 0 Å². The highest BCUT2D eigenvalue weighted by molar-refractivity contribution is 5.89. The zero-order valence-corrected chi connectivity index (χ0v) is 15.4. The Morgan fingerprint density at radius 3 is 2.32 bits per heavy atom. The maximum Gasteiger partial charge on any atom is 0.155 e. The molecule has 5 N–H and O–H groups in total. The average molecular weight is 365 g/mol. The van der Waals surface area contributed by atoms with E-state index in [9.17, 15) is 9.90 Å². The van der Waals surface area contributed by atoms with Crippen LogP contribution in [0.4, 0.5) is 0 Å². The highest BCUT2D eigenvalue weighted by atomic mass is 35.5. The van der Waals surface area contributed by atoms with Gasteiger partial charge >= 0.3 is 0 Å². The van der Waals surface area contributed by atoms with Gasteiger partial charge in [0.25, 0.3) is 0 Å². The number of ketones is 1. The van der Waals surface area contributed by atoms with Gasteiger partial charge in [-0.1, -0.05) is 30.3 Å². The van der Waals surface area contributed by atoms with Crippen molar-refractivity contribution in [2.75, 3.05) is 6.61 Å². The molecule has 0 heterocycles. The second-order valence-electron chi connectivity index (χ2n) is 8.67. The summed E-state index contributed by atoms with van der Waals surface area (Å²) in [6, 6.07) is 9.36. The van der Waals surface area contributed by atoms with E-state index in [-0.39, 0.29) is 36.1 Å². The van der Waals surface area contributed by atoms with Crippen molar-refractivity contribution in [3.05, 3.63) is 35.9 Å². The number of carbonyl (C=O) groups excluding carboxylic acids is 1. The van der Waals surface area contributed by atoms with Crippen molar-refractivity contribution in [2.45, 2.75) is 50.1 Å². The van der Waals surface area contributed by atoms with E-state index in [4.69, 9.17) is 11.5 Å². The molecule has 0 aromatic heterocycles. The van der Waals surface area contributed by atoms with Crippen molar-refractivity contribution >= 4 is 18.2 Å². The molecule has 4 saturated carbocycles. The summed E-state index contributed by atoms with van der Waals surface area (Å²) in [6.07, 6.45) is 5.47. The lowest BCUT2D eigenvalue weighted by Gasteiger charge is -2.64. The maximum atomic E-state index is 13.3. The fourth-order valence-electron chi connectivity index (χ4n) is 6.41. The van der Waals surface area contributed by atoms with Crippen LogP contribution in [0.2, 0.25) is 0 Å². The molecule has 1 aromatic rings. The first-order chi connectivity index (χ1) is 11.5. The van der Waals surface area contributed by atoms with E-state index in [1.165, 1.54) is 6.42 Å². The summed E-state index contributed by atoms with van der Waals surface area (Å²) >= 11 is 0. The predicted octanol–water partition coefficient (Wildman–Crippen LogP) is 2.06. The lowest BCUT2D eigenvalue weighted by molar-refractivity contribution is -0.166. The third-order valence-electron chi connectivity index (χ3n) is 6.85. The van der Waals surface area contributed by atoms with E-state index >= 15 is 0 Å². The minimum Gasteiger partial charge on any atom is -0.396 e. The topological polar surface area (TPSA) is 89.3 Å². The number of hydrogen-bond acceptors (Lipinski definition) is 4. The Balaban J connectivity index is 0.00000182. The van der Waals surface area contributed by atoms with Crippen LogP contribution < -0.4 is 11.5 Å². The summed E-state index contributed by atoms with van der Waals surface area (Å²) in [6.45, 7) is 0.0629. The molecular weight excluding hydrogens is 336 g/mol. The van der Waals surface area contributed by atoms with Gasteiger partial charge < -0.3 is 16.6 Å². The van der Waals surface area contributed by atoms with Crippen LogP contribution >= 0.6 is 12.4 Å². The highest BCUT2D eigenvalue weighted by Crippen LogP contribution is 2.63. The number of rotatable bonds is 5. The van der Waals surface area contributed by atoms with E-state index in [0.29, 0.717) is 18.3 Å². The fraction of sp³-hybridized carbons (Fsp3) is 0.650. The SMILES string of the molecule is Cl.N[C@@H](Cc1ccccc1)C(=O)C1C2(N)CC3CC(C2)CC1(CO)C3. The Bertz CT molecular complexity index is 622. The molecule has 4 aliphatic rings. The molecule has 5 rings (SSSR count). The molecule has 0 spiro atoms. The number of halogens is 1. The first kappa shape index (κ1) is 18.8. The molecule has 3 unspecified atom stereocenters. The lowest BCUT2D eigenvalue weighted by Crippen LogP contribution is -2.70. The zero-order chi connectivity index (χ0) is 16.9. The zero-order valence-electron chi connectivity index (χ0n) is 14.6. The van der Waals surface area contributed by atoms with Gasteiger partial charge in [0.1, 0.15) is 0 Å². The van der Waals surface area contributed by atoms with Crippen LogP contribution in [0.25, 0.3) is 0 Å².